The molecule has 0 N–H and O–H groups in total. The van der Waals surface area contributed by atoms with Gasteiger partial charge in [-0.1, -0.05) is 48.5 Å². The Labute approximate surface area is 314 Å². The maximum atomic E-state index is 11.7. The van der Waals surface area contributed by atoms with Crippen molar-refractivity contribution in [3.05, 3.63) is 168 Å². The van der Waals surface area contributed by atoms with Crippen LogP contribution in [0.1, 0.15) is 22.3 Å². The summed E-state index contributed by atoms with van der Waals surface area (Å²) in [6, 6.07) is 29.0. The van der Waals surface area contributed by atoms with Crippen LogP contribution in [0.25, 0.3) is 0 Å². The van der Waals surface area contributed by atoms with Gasteiger partial charge in [-0.05, 0) is 90.0 Å². The number of hydrogen-bond donors (Lipinski definition) is 0. The van der Waals surface area contributed by atoms with Crippen molar-refractivity contribution in [3.8, 4) is 0 Å². The topological polar surface area (TPSA) is 150 Å². The van der Waals surface area contributed by atoms with E-state index in [0.717, 1.165) is 54.7 Å². The van der Waals surface area contributed by atoms with Crippen molar-refractivity contribution in [2.75, 3.05) is 19.6 Å². The fourth-order valence-electron chi connectivity index (χ4n) is 6.29. The van der Waals surface area contributed by atoms with E-state index in [-0.39, 0.29) is 47.3 Å². The molecular formula is C43H30N4O8. The smallest absolute Gasteiger partial charge is 0.258 e. The molecule has 0 saturated heterocycles. The Morgan fingerprint density at radius 2 is 0.436 bits per heavy atom. The third kappa shape index (κ3) is 7.64. The van der Waals surface area contributed by atoms with E-state index in [4.69, 9.17) is 0 Å². The van der Waals surface area contributed by atoms with E-state index in [1.165, 1.54) is 48.6 Å². The Morgan fingerprint density at radius 1 is 0.255 bits per heavy atom. The minimum atomic E-state index is -0.344. The minimum Gasteiger partial charge on any atom is -0.269 e. The van der Waals surface area contributed by atoms with Gasteiger partial charge in [0.15, 0.2) is 0 Å². The number of hydrogen-bond acceptors (Lipinski definition) is 8. The van der Waals surface area contributed by atoms with Crippen molar-refractivity contribution in [1.29, 1.82) is 0 Å². The minimum absolute atomic E-state index is 0.331. The molecule has 0 spiro atoms. The second-order valence-corrected chi connectivity index (χ2v) is 12.7. The predicted octanol–water partition coefficient (Wildman–Crippen LogP) is 4.47. The van der Waals surface area contributed by atoms with Gasteiger partial charge < -0.3 is 0 Å². The van der Waals surface area contributed by atoms with Crippen LogP contribution in [0.3, 0.4) is 0 Å². The normalized spacial score (nSPS) is 16.1. The molecule has 0 radical (unpaired) electrons. The molecule has 8 rings (SSSR count). The summed E-state index contributed by atoms with van der Waals surface area (Å²) < 4.78 is 0. The summed E-state index contributed by atoms with van der Waals surface area (Å²) in [5.74, 6) is -2.70. The van der Waals surface area contributed by atoms with E-state index < -0.39 is 0 Å². The van der Waals surface area contributed by atoms with Gasteiger partial charge in [-0.15, -0.1) is 0 Å². The second-order valence-electron chi connectivity index (χ2n) is 12.7. The average molecular weight is 731 g/mol. The van der Waals surface area contributed by atoms with Crippen LogP contribution < -0.4 is 19.6 Å². The summed E-state index contributed by atoms with van der Waals surface area (Å²) in [5.41, 5.74) is 6.36. The zero-order valence-corrected chi connectivity index (χ0v) is 29.0. The molecule has 0 aliphatic carbocycles. The number of benzene rings is 4. The van der Waals surface area contributed by atoms with Crippen LogP contribution >= 0.6 is 0 Å². The first-order valence-electron chi connectivity index (χ1n) is 17.2. The van der Waals surface area contributed by atoms with Crippen molar-refractivity contribution in [2.45, 2.75) is 19.3 Å². The molecule has 0 bridgehead atoms. The largest absolute Gasteiger partial charge is 0.269 e. The van der Waals surface area contributed by atoms with Crippen LogP contribution in [0.15, 0.2) is 146 Å². The maximum Gasteiger partial charge on any atom is 0.258 e. The molecule has 0 unspecified atom stereocenters. The van der Waals surface area contributed by atoms with Gasteiger partial charge in [-0.3, -0.25) is 38.4 Å². The molecule has 0 saturated carbocycles. The molecule has 8 amide bonds. The van der Waals surface area contributed by atoms with Crippen molar-refractivity contribution in [1.82, 2.24) is 0 Å². The Hall–Kier alpha value is -7.60. The van der Waals surface area contributed by atoms with Crippen molar-refractivity contribution >= 4 is 70.0 Å². The summed E-state index contributed by atoms with van der Waals surface area (Å²) in [5, 5.41) is 0. The molecule has 4 heterocycles. The molecule has 0 fully saturated rings. The number of nitrogens with zero attached hydrogens (tertiary/aromatic N) is 4. The molecule has 4 aliphatic heterocycles. The Bertz CT molecular complexity index is 2150. The van der Waals surface area contributed by atoms with Gasteiger partial charge in [0.1, 0.15) is 0 Å². The van der Waals surface area contributed by atoms with E-state index in [0.29, 0.717) is 29.2 Å². The summed E-state index contributed by atoms with van der Waals surface area (Å²) >= 11 is 0. The SMILES string of the molecule is O=C1C=CC(=O)N1c1ccc(CCc2ccc(N3C(=O)C=CC3=O)cc2)cc1.O=C1C=CC(=O)N1c1ccc(Cc2ccc(N3C(=O)C=CC3=O)cc2)cc1. The Morgan fingerprint density at radius 3 is 0.636 bits per heavy atom. The Kier molecular flexibility index (Phi) is 9.87. The van der Waals surface area contributed by atoms with Crippen LogP contribution in [0, 0.1) is 0 Å². The third-order valence-electron chi connectivity index (χ3n) is 9.13. The molecule has 4 aromatic rings. The highest BCUT2D eigenvalue weighted by molar-refractivity contribution is 6.30. The highest BCUT2D eigenvalue weighted by Gasteiger charge is 2.27. The summed E-state index contributed by atoms with van der Waals surface area (Å²) in [7, 11) is 0. The van der Waals surface area contributed by atoms with Gasteiger partial charge in [0, 0.05) is 48.6 Å². The molecule has 0 atom stereocenters. The lowest BCUT2D eigenvalue weighted by Crippen LogP contribution is -2.29. The lowest BCUT2D eigenvalue weighted by molar-refractivity contribution is -0.121. The first-order valence-corrected chi connectivity index (χ1v) is 17.2. The van der Waals surface area contributed by atoms with E-state index in [2.05, 4.69) is 0 Å². The number of anilines is 4. The van der Waals surface area contributed by atoms with Crippen LogP contribution in [-0.2, 0) is 57.6 Å². The van der Waals surface area contributed by atoms with E-state index in [9.17, 15) is 38.4 Å². The zero-order valence-electron chi connectivity index (χ0n) is 29.0. The van der Waals surface area contributed by atoms with Gasteiger partial charge >= 0.3 is 0 Å². The fourth-order valence-corrected chi connectivity index (χ4v) is 6.29. The van der Waals surface area contributed by atoms with E-state index in [1.54, 1.807) is 48.5 Å². The summed E-state index contributed by atoms with van der Waals surface area (Å²) in [6.07, 6.45) is 12.3. The van der Waals surface area contributed by atoms with Crippen molar-refractivity contribution in [2.24, 2.45) is 0 Å². The van der Waals surface area contributed by atoms with Gasteiger partial charge in [0.25, 0.3) is 47.3 Å². The van der Waals surface area contributed by atoms with Gasteiger partial charge in [-0.25, -0.2) is 19.6 Å². The lowest BCUT2D eigenvalue weighted by Gasteiger charge is -2.15. The number of rotatable bonds is 9. The highest BCUT2D eigenvalue weighted by atomic mass is 16.2. The third-order valence-corrected chi connectivity index (χ3v) is 9.13. The predicted molar refractivity (Wildman–Crippen MR) is 203 cm³/mol. The van der Waals surface area contributed by atoms with Gasteiger partial charge in [-0.2, -0.15) is 0 Å². The first kappa shape index (κ1) is 35.8. The quantitative estimate of drug-likeness (QED) is 0.229. The molecule has 12 nitrogen and oxygen atoms in total. The molecule has 4 aromatic carbocycles. The lowest BCUT2D eigenvalue weighted by atomic mass is 10.0. The Balaban J connectivity index is 0.000000169. The highest BCUT2D eigenvalue weighted by Crippen LogP contribution is 2.25. The molecule has 12 heteroatoms. The summed E-state index contributed by atoms with van der Waals surface area (Å²) in [4.78, 5) is 98.2. The number of carbonyl (C=O) groups is 8. The number of carbonyl (C=O) groups excluding carboxylic acids is 8. The van der Waals surface area contributed by atoms with Gasteiger partial charge in [0.2, 0.25) is 0 Å². The molecule has 270 valence electrons. The fraction of sp³-hybridized carbons (Fsp3) is 0.0698. The van der Waals surface area contributed by atoms with Crippen molar-refractivity contribution in [3.63, 3.8) is 0 Å². The molecular weight excluding hydrogens is 700 g/mol. The monoisotopic (exact) mass is 730 g/mol. The standard InChI is InChI=1S/C22H16N2O4.C21H14N2O4/c25-19-11-12-20(26)23(19)17-7-3-15(4-8-17)1-2-16-5-9-18(10-6-16)24-21(27)13-14-22(24)28;24-18-9-10-19(25)22(18)16-5-1-14(2-6-16)13-15-3-7-17(8-4-15)23-20(26)11-12-21(23)27/h3-14H,1-2H2;1-12H,13H2. The zero-order chi connectivity index (χ0) is 38.6. The maximum absolute atomic E-state index is 11.7. The molecule has 4 aliphatic rings. The van der Waals surface area contributed by atoms with Crippen LogP contribution in [0.4, 0.5) is 22.7 Å². The van der Waals surface area contributed by atoms with E-state index in [1.807, 2.05) is 48.5 Å². The van der Waals surface area contributed by atoms with Crippen LogP contribution in [-0.4, -0.2) is 47.3 Å². The molecule has 55 heavy (non-hydrogen) atoms. The van der Waals surface area contributed by atoms with Crippen LogP contribution in [0.5, 0.6) is 0 Å². The number of amides is 8. The second kappa shape index (κ2) is 15.2. The average Bonchev–Trinajstić information content (AvgIpc) is 3.93. The van der Waals surface area contributed by atoms with Crippen molar-refractivity contribution < 1.29 is 38.4 Å². The van der Waals surface area contributed by atoms with Crippen LogP contribution in [0.2, 0.25) is 0 Å². The number of imide groups is 4. The molecule has 0 aromatic heterocycles. The number of aryl methyl sites for hydroxylation is 2. The van der Waals surface area contributed by atoms with Gasteiger partial charge in [0.05, 0.1) is 22.7 Å². The summed E-state index contributed by atoms with van der Waals surface area (Å²) in [6.45, 7) is 0. The first-order chi connectivity index (χ1) is 26.5. The van der Waals surface area contributed by atoms with E-state index >= 15 is 0 Å².